The van der Waals surface area contributed by atoms with Crippen LogP contribution >= 0.6 is 0 Å². The van der Waals surface area contributed by atoms with Crippen LogP contribution in [0.15, 0.2) is 12.7 Å². The molecule has 1 heterocycles. The molecule has 0 saturated carbocycles. The summed E-state index contributed by atoms with van der Waals surface area (Å²) in [6.07, 6.45) is 4.87. The minimum atomic E-state index is -3.04. The van der Waals surface area contributed by atoms with Gasteiger partial charge in [0, 0.05) is 12.6 Å². The van der Waals surface area contributed by atoms with Crippen LogP contribution in [0, 0.1) is 0 Å². The van der Waals surface area contributed by atoms with Gasteiger partial charge >= 0.3 is 0 Å². The third kappa shape index (κ3) is 4.21. The number of piperidine rings is 1. The van der Waals surface area contributed by atoms with E-state index in [1.807, 2.05) is 6.08 Å². The zero-order valence-electron chi connectivity index (χ0n) is 8.57. The normalized spacial score (nSPS) is 20.9. The zero-order chi connectivity index (χ0) is 10.6. The molecule has 0 amide bonds. The second kappa shape index (κ2) is 4.91. The number of rotatable bonds is 4. The molecule has 82 valence electrons. The lowest BCUT2D eigenvalue weighted by molar-refractivity contribution is 0.227. The average molecular weight is 218 g/mol. The Bertz CT molecular complexity index is 279. The van der Waals surface area contributed by atoms with Crippen LogP contribution in [0.2, 0.25) is 0 Å². The molecule has 4 nitrogen and oxygen atoms in total. The van der Waals surface area contributed by atoms with E-state index in [0.717, 1.165) is 32.5 Å². The maximum atomic E-state index is 11.0. The van der Waals surface area contributed by atoms with Crippen molar-refractivity contribution in [2.75, 3.05) is 25.9 Å². The Balaban J connectivity index is 2.32. The van der Waals surface area contributed by atoms with E-state index in [0.29, 0.717) is 0 Å². The van der Waals surface area contributed by atoms with Gasteiger partial charge in [-0.2, -0.15) is 0 Å². The van der Waals surface area contributed by atoms with Gasteiger partial charge < -0.3 is 0 Å². The number of likely N-dealkylation sites (tertiary alicyclic amines) is 1. The van der Waals surface area contributed by atoms with E-state index in [9.17, 15) is 8.42 Å². The van der Waals surface area contributed by atoms with Crippen molar-refractivity contribution in [3.8, 4) is 0 Å². The van der Waals surface area contributed by atoms with Crippen molar-refractivity contribution in [2.45, 2.75) is 18.9 Å². The van der Waals surface area contributed by atoms with E-state index in [1.54, 1.807) is 0 Å². The Morgan fingerprint density at radius 3 is 2.50 bits per heavy atom. The highest BCUT2D eigenvalue weighted by molar-refractivity contribution is 7.88. The smallest absolute Gasteiger partial charge is 0.208 e. The molecule has 0 radical (unpaired) electrons. The lowest BCUT2D eigenvalue weighted by Gasteiger charge is -2.30. The van der Waals surface area contributed by atoms with E-state index in [1.165, 1.54) is 6.26 Å². The number of nitrogens with zero attached hydrogens (tertiary/aromatic N) is 1. The molecule has 0 unspecified atom stereocenters. The minimum Gasteiger partial charge on any atom is -0.300 e. The van der Waals surface area contributed by atoms with Crippen molar-refractivity contribution in [3.05, 3.63) is 12.7 Å². The van der Waals surface area contributed by atoms with Crippen molar-refractivity contribution >= 4 is 10.0 Å². The predicted octanol–water partition coefficient (Wildman–Crippen LogP) is 0.186. The van der Waals surface area contributed by atoms with E-state index < -0.39 is 10.0 Å². The van der Waals surface area contributed by atoms with Crippen molar-refractivity contribution in [1.29, 1.82) is 0 Å². The highest BCUT2D eigenvalue weighted by atomic mass is 32.2. The first-order chi connectivity index (χ1) is 6.51. The fourth-order valence-electron chi connectivity index (χ4n) is 1.72. The highest BCUT2D eigenvalue weighted by Gasteiger charge is 2.20. The van der Waals surface area contributed by atoms with Gasteiger partial charge in [0.05, 0.1) is 6.26 Å². The van der Waals surface area contributed by atoms with Crippen LogP contribution < -0.4 is 4.72 Å². The van der Waals surface area contributed by atoms with Crippen LogP contribution in [0.1, 0.15) is 12.8 Å². The molecule has 0 atom stereocenters. The molecule has 0 spiro atoms. The molecule has 1 fully saturated rings. The van der Waals surface area contributed by atoms with Crippen LogP contribution in [-0.2, 0) is 10.0 Å². The van der Waals surface area contributed by atoms with Gasteiger partial charge in [0.25, 0.3) is 0 Å². The van der Waals surface area contributed by atoms with E-state index in [-0.39, 0.29) is 6.04 Å². The standard InChI is InChI=1S/C9H18N2O2S/c1-3-6-11-7-4-9(5-8-11)10-14(2,12)13/h3,9-10H,1,4-8H2,2H3. The first-order valence-corrected chi connectivity index (χ1v) is 6.71. The third-order valence-electron chi connectivity index (χ3n) is 2.36. The predicted molar refractivity (Wildman–Crippen MR) is 57.6 cm³/mol. The van der Waals surface area contributed by atoms with Gasteiger partial charge in [-0.25, -0.2) is 13.1 Å². The summed E-state index contributed by atoms with van der Waals surface area (Å²) < 4.78 is 24.6. The highest BCUT2D eigenvalue weighted by Crippen LogP contribution is 2.10. The van der Waals surface area contributed by atoms with Gasteiger partial charge in [-0.15, -0.1) is 6.58 Å². The molecule has 0 aromatic rings. The van der Waals surface area contributed by atoms with Gasteiger partial charge in [-0.3, -0.25) is 4.90 Å². The van der Waals surface area contributed by atoms with Crippen LogP contribution in [0.25, 0.3) is 0 Å². The van der Waals surface area contributed by atoms with Crippen LogP contribution in [0.3, 0.4) is 0 Å². The number of hydrogen-bond acceptors (Lipinski definition) is 3. The van der Waals surface area contributed by atoms with Gasteiger partial charge in [-0.05, 0) is 25.9 Å². The van der Waals surface area contributed by atoms with Crippen molar-refractivity contribution in [1.82, 2.24) is 9.62 Å². The minimum absolute atomic E-state index is 0.117. The average Bonchev–Trinajstić information content (AvgIpc) is 2.06. The Morgan fingerprint density at radius 1 is 1.50 bits per heavy atom. The molecule has 0 aromatic carbocycles. The first kappa shape index (κ1) is 11.7. The molecule has 1 saturated heterocycles. The maximum absolute atomic E-state index is 11.0. The second-order valence-corrected chi connectivity index (χ2v) is 5.53. The summed E-state index contributed by atoms with van der Waals surface area (Å²) in [5.41, 5.74) is 0. The molecule has 1 aliphatic rings. The molecular formula is C9H18N2O2S. The van der Waals surface area contributed by atoms with E-state index in [4.69, 9.17) is 0 Å². The Hall–Kier alpha value is -0.390. The molecule has 0 aliphatic carbocycles. The van der Waals surface area contributed by atoms with Crippen molar-refractivity contribution in [3.63, 3.8) is 0 Å². The van der Waals surface area contributed by atoms with Crippen LogP contribution in [-0.4, -0.2) is 45.2 Å². The Labute approximate surface area is 86.0 Å². The molecule has 1 N–H and O–H groups in total. The maximum Gasteiger partial charge on any atom is 0.208 e. The van der Waals surface area contributed by atoms with Gasteiger partial charge in [0.15, 0.2) is 0 Å². The van der Waals surface area contributed by atoms with Gasteiger partial charge in [0.1, 0.15) is 0 Å². The molecule has 14 heavy (non-hydrogen) atoms. The summed E-state index contributed by atoms with van der Waals surface area (Å²) in [6.45, 7) is 6.46. The van der Waals surface area contributed by atoms with Crippen LogP contribution in [0.5, 0.6) is 0 Å². The summed E-state index contributed by atoms with van der Waals surface area (Å²) in [4.78, 5) is 2.27. The largest absolute Gasteiger partial charge is 0.300 e. The topological polar surface area (TPSA) is 49.4 Å². The summed E-state index contributed by atoms with van der Waals surface area (Å²) in [6, 6.07) is 0.117. The monoisotopic (exact) mass is 218 g/mol. The van der Waals surface area contributed by atoms with Crippen molar-refractivity contribution in [2.24, 2.45) is 0 Å². The van der Waals surface area contributed by atoms with Gasteiger partial charge in [-0.1, -0.05) is 6.08 Å². The number of sulfonamides is 1. The van der Waals surface area contributed by atoms with E-state index in [2.05, 4.69) is 16.2 Å². The second-order valence-electron chi connectivity index (χ2n) is 3.75. The lowest BCUT2D eigenvalue weighted by atomic mass is 10.1. The van der Waals surface area contributed by atoms with Crippen LogP contribution in [0.4, 0.5) is 0 Å². The molecule has 5 heteroatoms. The SMILES string of the molecule is C=CCN1CCC(NS(C)(=O)=O)CC1. The lowest BCUT2D eigenvalue weighted by Crippen LogP contribution is -2.44. The Kier molecular flexibility index (Phi) is 4.10. The van der Waals surface area contributed by atoms with E-state index >= 15 is 0 Å². The summed E-state index contributed by atoms with van der Waals surface area (Å²) in [5.74, 6) is 0. The molecule has 1 rings (SSSR count). The quantitative estimate of drug-likeness (QED) is 0.685. The summed E-state index contributed by atoms with van der Waals surface area (Å²) in [5, 5.41) is 0. The van der Waals surface area contributed by atoms with Gasteiger partial charge in [0.2, 0.25) is 10.0 Å². The van der Waals surface area contributed by atoms with Crippen molar-refractivity contribution < 1.29 is 8.42 Å². The fourth-order valence-corrected chi connectivity index (χ4v) is 2.56. The summed E-state index contributed by atoms with van der Waals surface area (Å²) >= 11 is 0. The summed E-state index contributed by atoms with van der Waals surface area (Å²) in [7, 11) is -3.04. The number of hydrogen-bond donors (Lipinski definition) is 1. The fraction of sp³-hybridized carbons (Fsp3) is 0.778. The first-order valence-electron chi connectivity index (χ1n) is 4.82. The zero-order valence-corrected chi connectivity index (χ0v) is 9.39. The Morgan fingerprint density at radius 2 is 2.07 bits per heavy atom. The molecule has 1 aliphatic heterocycles. The molecule has 0 aromatic heterocycles. The molecule has 0 bridgehead atoms. The third-order valence-corrected chi connectivity index (χ3v) is 3.12. The number of nitrogens with one attached hydrogen (secondary N) is 1. The molecular weight excluding hydrogens is 200 g/mol.